The first-order valence-electron chi connectivity index (χ1n) is 3.23. The Morgan fingerprint density at radius 3 is 2.44 bits per heavy atom. The van der Waals surface area contributed by atoms with Crippen LogP contribution in [-0.4, -0.2) is 12.5 Å². The summed E-state index contributed by atoms with van der Waals surface area (Å²) in [6, 6.07) is 0.575. The molecule has 0 aliphatic rings. The number of aromatic nitrogens is 2. The lowest BCUT2D eigenvalue weighted by atomic mass is 10.4. The van der Waals surface area contributed by atoms with E-state index in [1.165, 1.54) is 0 Å². The molecular formula is C6H12BN2+. The minimum absolute atomic E-state index is 0.575. The third kappa shape index (κ3) is 1.34. The first kappa shape index (κ1) is 6.40. The van der Waals surface area contributed by atoms with Crippen molar-refractivity contribution in [2.24, 2.45) is 0 Å². The summed E-state index contributed by atoms with van der Waals surface area (Å²) in [4.78, 5) is 0. The third-order valence-electron chi connectivity index (χ3n) is 1.39. The molecule has 0 radical (unpaired) electrons. The molecule has 0 saturated heterocycles. The Morgan fingerprint density at radius 1 is 1.56 bits per heavy atom. The Kier molecular flexibility index (Phi) is 1.60. The lowest BCUT2D eigenvalue weighted by Crippen LogP contribution is -2.33. The second-order valence-corrected chi connectivity index (χ2v) is 2.62. The van der Waals surface area contributed by atoms with Crippen LogP contribution >= 0.6 is 0 Å². The van der Waals surface area contributed by atoms with Gasteiger partial charge in [0.15, 0.2) is 0 Å². The minimum atomic E-state index is 0.575. The number of imidazole rings is 1. The van der Waals surface area contributed by atoms with E-state index in [1.807, 2.05) is 18.7 Å². The van der Waals surface area contributed by atoms with E-state index < -0.39 is 0 Å². The summed E-state index contributed by atoms with van der Waals surface area (Å²) < 4.78 is 4.21. The molecule has 0 bridgehead atoms. The normalized spacial score (nSPS) is 10.6. The van der Waals surface area contributed by atoms with Crippen LogP contribution in [0, 0.1) is 0 Å². The largest absolute Gasteiger partial charge is 0.342 e. The Morgan fingerprint density at radius 2 is 2.22 bits per heavy atom. The zero-order chi connectivity index (χ0) is 6.85. The molecule has 9 heavy (non-hydrogen) atoms. The molecule has 0 atom stereocenters. The number of hydrogen-bond donors (Lipinski definition) is 0. The molecule has 0 unspecified atom stereocenters. The maximum absolute atomic E-state index is 2.17. The summed E-state index contributed by atoms with van der Waals surface area (Å²) in [7, 11) is 2.03. The van der Waals surface area contributed by atoms with E-state index in [0.717, 1.165) is 0 Å². The zero-order valence-corrected chi connectivity index (χ0v) is 6.20. The molecule has 48 valence electrons. The van der Waals surface area contributed by atoms with Gasteiger partial charge in [-0.2, -0.15) is 0 Å². The molecule has 3 heteroatoms. The van der Waals surface area contributed by atoms with Crippen LogP contribution in [-0.2, 0) is 0 Å². The van der Waals surface area contributed by atoms with E-state index in [2.05, 4.69) is 30.9 Å². The van der Waals surface area contributed by atoms with Gasteiger partial charge < -0.3 is 4.48 Å². The predicted octanol–water partition coefficient (Wildman–Crippen LogP) is -0.247. The van der Waals surface area contributed by atoms with Gasteiger partial charge in [-0.15, -0.1) is 0 Å². The van der Waals surface area contributed by atoms with Crippen molar-refractivity contribution in [1.29, 1.82) is 0 Å². The van der Waals surface area contributed by atoms with Crippen molar-refractivity contribution in [3.05, 3.63) is 18.7 Å². The van der Waals surface area contributed by atoms with E-state index in [1.54, 1.807) is 0 Å². The summed E-state index contributed by atoms with van der Waals surface area (Å²) >= 11 is 0. The first-order chi connectivity index (χ1) is 4.20. The summed E-state index contributed by atoms with van der Waals surface area (Å²) in [5.41, 5.74) is 0. The van der Waals surface area contributed by atoms with E-state index in [4.69, 9.17) is 0 Å². The van der Waals surface area contributed by atoms with E-state index in [0.29, 0.717) is 6.04 Å². The highest BCUT2D eigenvalue weighted by molar-refractivity contribution is 6.06. The maximum Gasteiger partial charge on any atom is 0.342 e. The zero-order valence-electron chi connectivity index (χ0n) is 6.20. The summed E-state index contributed by atoms with van der Waals surface area (Å²) in [6.07, 6.45) is 6.19. The van der Waals surface area contributed by atoms with Crippen LogP contribution < -0.4 is 4.57 Å². The van der Waals surface area contributed by atoms with Crippen LogP contribution in [0.4, 0.5) is 0 Å². The molecule has 0 aliphatic carbocycles. The monoisotopic (exact) mass is 123 g/mol. The van der Waals surface area contributed by atoms with Gasteiger partial charge in [-0.3, -0.25) is 0 Å². The topological polar surface area (TPSA) is 8.81 Å². The summed E-state index contributed by atoms with van der Waals surface area (Å²) in [5.74, 6) is 0. The first-order valence-corrected chi connectivity index (χ1v) is 3.23. The van der Waals surface area contributed by atoms with Crippen molar-refractivity contribution < 1.29 is 4.57 Å². The second-order valence-electron chi connectivity index (χ2n) is 2.62. The maximum atomic E-state index is 2.17. The van der Waals surface area contributed by atoms with Crippen LogP contribution in [0.1, 0.15) is 19.9 Å². The van der Waals surface area contributed by atoms with Gasteiger partial charge in [0.25, 0.3) is 0 Å². The Balaban J connectivity index is 2.85. The SMILES string of the molecule is Bn1cc[n+](C(C)C)c1. The summed E-state index contributed by atoms with van der Waals surface area (Å²) in [5, 5.41) is 0. The fourth-order valence-electron chi connectivity index (χ4n) is 0.775. The number of nitrogens with zero attached hydrogens (tertiary/aromatic N) is 2. The lowest BCUT2D eigenvalue weighted by Gasteiger charge is -1.95. The molecule has 1 aromatic heterocycles. The van der Waals surface area contributed by atoms with Crippen molar-refractivity contribution in [3.63, 3.8) is 0 Å². The molecule has 1 aromatic rings. The minimum Gasteiger partial charge on any atom is -0.308 e. The molecule has 0 amide bonds. The lowest BCUT2D eigenvalue weighted by molar-refractivity contribution is -0.715. The van der Waals surface area contributed by atoms with Gasteiger partial charge in [0, 0.05) is 0 Å². The fourth-order valence-corrected chi connectivity index (χ4v) is 0.775. The van der Waals surface area contributed by atoms with Gasteiger partial charge in [-0.05, 0) is 13.8 Å². The molecule has 0 aliphatic heterocycles. The van der Waals surface area contributed by atoms with Gasteiger partial charge in [0.05, 0.1) is 6.04 Å². The van der Waals surface area contributed by atoms with Gasteiger partial charge in [-0.1, -0.05) is 0 Å². The standard InChI is InChI=1S/C6H12BN2/c1-6(2)8-3-4-9(7)5-8/h3-6H,7H2,1-2H3/q+1. The van der Waals surface area contributed by atoms with E-state index in [9.17, 15) is 0 Å². The average Bonchev–Trinajstić information content (AvgIpc) is 2.14. The van der Waals surface area contributed by atoms with E-state index >= 15 is 0 Å². The van der Waals surface area contributed by atoms with Crippen LogP contribution in [0.2, 0.25) is 0 Å². The highest BCUT2D eigenvalue weighted by Gasteiger charge is 2.01. The van der Waals surface area contributed by atoms with Crippen LogP contribution in [0.3, 0.4) is 0 Å². The van der Waals surface area contributed by atoms with Crippen LogP contribution in [0.5, 0.6) is 0 Å². The number of hydrogen-bond acceptors (Lipinski definition) is 0. The van der Waals surface area contributed by atoms with Crippen molar-refractivity contribution in [3.8, 4) is 0 Å². The van der Waals surface area contributed by atoms with Crippen LogP contribution in [0.15, 0.2) is 18.7 Å². The highest BCUT2D eigenvalue weighted by atomic mass is 15.1. The third-order valence-corrected chi connectivity index (χ3v) is 1.39. The quantitative estimate of drug-likeness (QED) is 0.359. The van der Waals surface area contributed by atoms with Gasteiger partial charge in [0.2, 0.25) is 6.33 Å². The molecule has 0 saturated carbocycles. The molecule has 2 nitrogen and oxygen atoms in total. The van der Waals surface area contributed by atoms with E-state index in [-0.39, 0.29) is 0 Å². The Hall–Kier alpha value is -0.725. The fraction of sp³-hybridized carbons (Fsp3) is 0.500. The Bertz CT molecular complexity index is 193. The van der Waals surface area contributed by atoms with Gasteiger partial charge in [-0.25, -0.2) is 4.57 Å². The molecule has 1 heterocycles. The summed E-state index contributed by atoms with van der Waals surface area (Å²) in [6.45, 7) is 4.33. The molecule has 0 aromatic carbocycles. The molecule has 0 fully saturated rings. The highest BCUT2D eigenvalue weighted by Crippen LogP contribution is 1.88. The molecular weight excluding hydrogens is 111 g/mol. The van der Waals surface area contributed by atoms with Gasteiger partial charge in [0.1, 0.15) is 12.4 Å². The Labute approximate surface area is 56.5 Å². The molecule has 0 spiro atoms. The van der Waals surface area contributed by atoms with Crippen molar-refractivity contribution in [2.75, 3.05) is 0 Å². The smallest absolute Gasteiger partial charge is 0.308 e. The number of rotatable bonds is 1. The van der Waals surface area contributed by atoms with Crippen molar-refractivity contribution in [1.82, 2.24) is 4.48 Å². The molecule has 1 rings (SSSR count). The second kappa shape index (κ2) is 2.25. The van der Waals surface area contributed by atoms with Gasteiger partial charge >= 0.3 is 7.98 Å². The van der Waals surface area contributed by atoms with Crippen LogP contribution in [0.25, 0.3) is 0 Å². The van der Waals surface area contributed by atoms with Crippen molar-refractivity contribution in [2.45, 2.75) is 19.9 Å². The average molecular weight is 123 g/mol. The molecule has 0 N–H and O–H groups in total. The predicted molar refractivity (Wildman–Crippen MR) is 39.0 cm³/mol. The van der Waals surface area contributed by atoms with Crippen molar-refractivity contribution >= 4 is 7.98 Å².